The molecular weight excluding hydrogens is 595 g/mol. The van der Waals surface area contributed by atoms with Gasteiger partial charge in [-0.2, -0.15) is 5.10 Å². The van der Waals surface area contributed by atoms with Gasteiger partial charge >= 0.3 is 0 Å². The second kappa shape index (κ2) is 11.5. The fourth-order valence-corrected chi connectivity index (χ4v) is 6.26. The van der Waals surface area contributed by atoms with Crippen LogP contribution in [0.1, 0.15) is 31.2 Å². The van der Waals surface area contributed by atoms with Gasteiger partial charge in [0.25, 0.3) is 0 Å². The second-order valence-electron chi connectivity index (χ2n) is 11.3. The van der Waals surface area contributed by atoms with Gasteiger partial charge in [0.1, 0.15) is 11.5 Å². The number of hydrogen-bond donors (Lipinski definition) is 4. The highest BCUT2D eigenvalue weighted by molar-refractivity contribution is 7.88. The van der Waals surface area contributed by atoms with Gasteiger partial charge in [-0.15, -0.1) is 0 Å². The number of benzene rings is 2. The summed E-state index contributed by atoms with van der Waals surface area (Å²) in [6.45, 7) is -0.0354. The number of rotatable bonds is 8. The van der Waals surface area contributed by atoms with Crippen LogP contribution in [-0.2, 0) is 21.4 Å². The van der Waals surface area contributed by atoms with Crippen molar-refractivity contribution >= 4 is 43.6 Å². The zero-order valence-corrected chi connectivity index (χ0v) is 25.1. The summed E-state index contributed by atoms with van der Waals surface area (Å²) in [4.78, 5) is 29.8. The Labute approximate surface area is 257 Å². The van der Waals surface area contributed by atoms with Crippen molar-refractivity contribution in [3.05, 3.63) is 78.5 Å². The van der Waals surface area contributed by atoms with E-state index in [4.69, 9.17) is 4.98 Å². The van der Waals surface area contributed by atoms with E-state index in [0.29, 0.717) is 50.6 Å². The van der Waals surface area contributed by atoms with Crippen LogP contribution in [-0.4, -0.2) is 50.7 Å². The molecule has 7 rings (SSSR count). The monoisotopic (exact) mass is 624 g/mol. The van der Waals surface area contributed by atoms with E-state index in [-0.39, 0.29) is 18.4 Å². The van der Waals surface area contributed by atoms with Gasteiger partial charge in [-0.1, -0.05) is 25.0 Å². The van der Waals surface area contributed by atoms with Crippen molar-refractivity contribution in [2.45, 2.75) is 32.2 Å². The summed E-state index contributed by atoms with van der Waals surface area (Å²) < 4.78 is 40.2. The highest BCUT2D eigenvalue weighted by Gasteiger charge is 2.23. The highest BCUT2D eigenvalue weighted by atomic mass is 32.2. The second-order valence-corrected chi connectivity index (χ2v) is 13.2. The van der Waals surface area contributed by atoms with Crippen LogP contribution >= 0.6 is 0 Å². The number of anilines is 1. The van der Waals surface area contributed by atoms with Crippen LogP contribution in [0.2, 0.25) is 0 Å². The third kappa shape index (κ3) is 6.04. The summed E-state index contributed by atoms with van der Waals surface area (Å²) in [6, 6.07) is 13.8. The van der Waals surface area contributed by atoms with Crippen molar-refractivity contribution in [2.75, 3.05) is 11.6 Å². The number of fused-ring (bicyclic) bond motifs is 2. The first-order valence-electron chi connectivity index (χ1n) is 14.5. The number of imidazole rings is 1. The standard InChI is InChI=1S/C32H29FN8O3S/c1-45(43,44)36-14-18-9-20(11-22(33)10-18)24-7-4-8-26-29(24)39-31(38-26)30-25-13-27(35-17-28(25)40-41-30)21-12-23(16-34-15-21)37-32(42)19-5-2-3-6-19/h4,7-13,15-17,19,36H,2-3,5-6,14H2,1H3,(H,37,42)(H,38,39)(H,40,41). The average molecular weight is 625 g/mol. The molecule has 2 aromatic carbocycles. The predicted molar refractivity (Wildman–Crippen MR) is 170 cm³/mol. The van der Waals surface area contributed by atoms with E-state index in [0.717, 1.165) is 48.4 Å². The lowest BCUT2D eigenvalue weighted by Gasteiger charge is -2.11. The molecule has 1 aliphatic rings. The summed E-state index contributed by atoms with van der Waals surface area (Å²) in [5, 5.41) is 11.3. The SMILES string of the molecule is CS(=O)(=O)NCc1cc(F)cc(-c2cccc3[nH]c(-c4n[nH]c5cnc(-c6cncc(NC(=O)C7CCCC7)c6)cc45)nc23)c1. The Hall–Kier alpha value is -5.01. The first-order chi connectivity index (χ1) is 21.7. The third-order valence-corrected chi connectivity index (χ3v) is 8.69. The molecule has 1 fully saturated rings. The fourth-order valence-electron chi connectivity index (χ4n) is 5.84. The largest absolute Gasteiger partial charge is 0.337 e. The maximum Gasteiger partial charge on any atom is 0.227 e. The number of aromatic nitrogens is 6. The molecule has 1 amide bonds. The quantitative estimate of drug-likeness (QED) is 0.173. The highest BCUT2D eigenvalue weighted by Crippen LogP contribution is 2.34. The summed E-state index contributed by atoms with van der Waals surface area (Å²) in [5.74, 6) is 0.0875. The molecule has 13 heteroatoms. The molecule has 228 valence electrons. The molecular formula is C32H29FN8O3S. The predicted octanol–water partition coefficient (Wildman–Crippen LogP) is 5.55. The molecule has 0 aliphatic heterocycles. The van der Waals surface area contributed by atoms with Crippen LogP contribution in [0.3, 0.4) is 0 Å². The van der Waals surface area contributed by atoms with E-state index in [1.165, 1.54) is 12.1 Å². The van der Waals surface area contributed by atoms with Crippen molar-refractivity contribution in [2.24, 2.45) is 5.92 Å². The number of amides is 1. The van der Waals surface area contributed by atoms with Crippen LogP contribution in [0.4, 0.5) is 10.1 Å². The number of pyridine rings is 2. The lowest BCUT2D eigenvalue weighted by atomic mass is 10.0. The van der Waals surface area contributed by atoms with Gasteiger partial charge in [-0.25, -0.2) is 22.5 Å². The van der Waals surface area contributed by atoms with Crippen LogP contribution in [0.25, 0.3) is 55.8 Å². The number of hydrogen-bond acceptors (Lipinski definition) is 7. The summed E-state index contributed by atoms with van der Waals surface area (Å²) in [6.07, 6.45) is 10.1. The van der Waals surface area contributed by atoms with E-state index >= 15 is 0 Å². The molecule has 4 N–H and O–H groups in total. The van der Waals surface area contributed by atoms with E-state index in [9.17, 15) is 17.6 Å². The summed E-state index contributed by atoms with van der Waals surface area (Å²) >= 11 is 0. The Kier molecular flexibility index (Phi) is 7.34. The number of carbonyl (C=O) groups is 1. The Bertz CT molecular complexity index is 2190. The molecule has 0 unspecified atom stereocenters. The fraction of sp³-hybridized carbons (Fsp3) is 0.219. The normalized spacial score (nSPS) is 14.0. The number of nitrogens with one attached hydrogen (secondary N) is 4. The first-order valence-corrected chi connectivity index (χ1v) is 16.4. The maximum absolute atomic E-state index is 14.6. The minimum atomic E-state index is -3.44. The smallest absolute Gasteiger partial charge is 0.227 e. The summed E-state index contributed by atoms with van der Waals surface area (Å²) in [5.41, 5.74) is 6.37. The van der Waals surface area contributed by atoms with Gasteiger partial charge in [-0.3, -0.25) is 19.9 Å². The Morgan fingerprint density at radius 2 is 1.87 bits per heavy atom. The summed E-state index contributed by atoms with van der Waals surface area (Å²) in [7, 11) is -3.44. The van der Waals surface area contributed by atoms with Gasteiger partial charge in [0.05, 0.1) is 46.6 Å². The Morgan fingerprint density at radius 1 is 1.02 bits per heavy atom. The van der Waals surface area contributed by atoms with Gasteiger partial charge in [0, 0.05) is 35.2 Å². The molecule has 0 bridgehead atoms. The van der Waals surface area contributed by atoms with Crippen LogP contribution in [0.5, 0.6) is 0 Å². The third-order valence-electron chi connectivity index (χ3n) is 8.02. The van der Waals surface area contributed by atoms with Gasteiger partial charge in [0.15, 0.2) is 5.82 Å². The molecule has 45 heavy (non-hydrogen) atoms. The maximum atomic E-state index is 14.6. The van der Waals surface area contributed by atoms with Crippen molar-refractivity contribution in [3.63, 3.8) is 0 Å². The van der Waals surface area contributed by atoms with Gasteiger partial charge in [0.2, 0.25) is 15.9 Å². The van der Waals surface area contributed by atoms with Crippen molar-refractivity contribution < 1.29 is 17.6 Å². The first kappa shape index (κ1) is 28.7. The molecule has 0 saturated heterocycles. The lowest BCUT2D eigenvalue weighted by molar-refractivity contribution is -0.119. The Balaban J connectivity index is 1.22. The molecule has 1 aliphatic carbocycles. The molecule has 11 nitrogen and oxygen atoms in total. The molecule has 0 radical (unpaired) electrons. The molecule has 1 saturated carbocycles. The van der Waals surface area contributed by atoms with Crippen LogP contribution < -0.4 is 10.0 Å². The molecule has 4 aromatic heterocycles. The minimum absolute atomic E-state index is 0.0243. The number of nitrogens with zero attached hydrogens (tertiary/aromatic N) is 4. The zero-order chi connectivity index (χ0) is 31.1. The number of halogens is 1. The van der Waals surface area contributed by atoms with E-state index in [1.54, 1.807) is 24.7 Å². The lowest BCUT2D eigenvalue weighted by Crippen LogP contribution is -2.21. The molecule has 4 heterocycles. The number of aromatic amines is 2. The molecule has 0 spiro atoms. The van der Waals surface area contributed by atoms with E-state index in [2.05, 4.69) is 35.2 Å². The number of carbonyl (C=O) groups excluding carboxylic acids is 1. The number of H-pyrrole nitrogens is 2. The number of sulfonamides is 1. The number of para-hydroxylation sites is 1. The molecule has 6 aromatic rings. The minimum Gasteiger partial charge on any atom is -0.337 e. The van der Waals surface area contributed by atoms with Crippen LogP contribution in [0, 0.1) is 11.7 Å². The van der Waals surface area contributed by atoms with E-state index in [1.807, 2.05) is 30.3 Å². The van der Waals surface area contributed by atoms with Crippen molar-refractivity contribution in [3.8, 4) is 33.9 Å². The van der Waals surface area contributed by atoms with Crippen molar-refractivity contribution in [1.29, 1.82) is 0 Å². The van der Waals surface area contributed by atoms with Gasteiger partial charge < -0.3 is 10.3 Å². The van der Waals surface area contributed by atoms with Crippen LogP contribution in [0.15, 0.2) is 67.1 Å². The average Bonchev–Trinajstić information content (AvgIpc) is 3.79. The topological polar surface area (TPSA) is 158 Å². The zero-order valence-electron chi connectivity index (χ0n) is 24.3. The van der Waals surface area contributed by atoms with E-state index < -0.39 is 15.8 Å². The Morgan fingerprint density at radius 3 is 2.69 bits per heavy atom. The van der Waals surface area contributed by atoms with Gasteiger partial charge in [-0.05, 0) is 60.4 Å². The van der Waals surface area contributed by atoms with Crippen molar-refractivity contribution in [1.82, 2.24) is 34.9 Å². The molecule has 0 atom stereocenters.